The lowest BCUT2D eigenvalue weighted by atomic mass is 9.82. The molecule has 0 aliphatic rings. The topological polar surface area (TPSA) is 27.7 Å². The molecule has 5 heteroatoms. The zero-order valence-electron chi connectivity index (χ0n) is 28.3. The Morgan fingerprint density at radius 2 is 0.714 bits per heavy atom. The van der Waals surface area contributed by atoms with E-state index >= 15 is 0 Å². The van der Waals surface area contributed by atoms with E-state index in [0.717, 1.165) is 63.5 Å². The van der Waals surface area contributed by atoms with Crippen LogP contribution in [-0.2, 0) is 22.6 Å². The monoisotopic (exact) mass is 686 g/mol. The van der Waals surface area contributed by atoms with Crippen molar-refractivity contribution >= 4 is 23.2 Å². The number of halogens is 2. The van der Waals surface area contributed by atoms with Crippen LogP contribution < -0.4 is 14.2 Å². The minimum atomic E-state index is -0.918. The van der Waals surface area contributed by atoms with E-state index in [4.69, 9.17) is 37.4 Å². The molecule has 0 bridgehead atoms. The molecule has 0 N–H and O–H groups in total. The number of ether oxygens (including phenoxy) is 3. The van der Waals surface area contributed by atoms with Crippen LogP contribution in [0.5, 0.6) is 17.2 Å². The number of alkyl halides is 2. The summed E-state index contributed by atoms with van der Waals surface area (Å²) in [4.78, 5) is -1.79. The van der Waals surface area contributed by atoms with E-state index in [1.807, 2.05) is 72.8 Å². The summed E-state index contributed by atoms with van der Waals surface area (Å²) >= 11 is 15.4. The van der Waals surface area contributed by atoms with Gasteiger partial charge in [-0.15, -0.1) is 23.2 Å². The van der Waals surface area contributed by atoms with Crippen molar-refractivity contribution in [1.82, 2.24) is 0 Å². The van der Waals surface area contributed by atoms with Gasteiger partial charge in [-0.3, -0.25) is 0 Å². The Morgan fingerprint density at radius 1 is 0.408 bits per heavy atom. The molecule has 0 aromatic heterocycles. The molecule has 0 saturated carbocycles. The van der Waals surface area contributed by atoms with Crippen molar-refractivity contribution in [3.8, 4) is 17.2 Å². The summed E-state index contributed by atoms with van der Waals surface area (Å²) < 4.78 is 16.3. The molecule has 0 radical (unpaired) electrons. The van der Waals surface area contributed by atoms with Crippen LogP contribution >= 0.6 is 23.2 Å². The highest BCUT2D eigenvalue weighted by Crippen LogP contribution is 2.45. The summed E-state index contributed by atoms with van der Waals surface area (Å²) in [5.74, 6) is 2.36. The van der Waals surface area contributed by atoms with Crippen molar-refractivity contribution < 1.29 is 14.2 Å². The average Bonchev–Trinajstić information content (AvgIpc) is 3.17. The lowest BCUT2D eigenvalue weighted by molar-refractivity contribution is 0.414. The Kier molecular flexibility index (Phi) is 10.3. The van der Waals surface area contributed by atoms with Crippen LogP contribution in [0.25, 0.3) is 0 Å². The first-order valence-corrected chi connectivity index (χ1v) is 17.1. The van der Waals surface area contributed by atoms with Gasteiger partial charge in [0.1, 0.15) is 27.0 Å². The largest absolute Gasteiger partial charge is 0.497 e. The lowest BCUT2D eigenvalue weighted by Crippen LogP contribution is -2.23. The molecule has 3 nitrogen and oxygen atoms in total. The van der Waals surface area contributed by atoms with Crippen LogP contribution in [0.3, 0.4) is 0 Å². The van der Waals surface area contributed by atoms with Crippen LogP contribution in [0.1, 0.15) is 50.1 Å². The summed E-state index contributed by atoms with van der Waals surface area (Å²) in [5, 5.41) is 0. The van der Waals surface area contributed by atoms with Gasteiger partial charge in [0, 0.05) is 0 Å². The predicted molar refractivity (Wildman–Crippen MR) is 202 cm³/mol. The highest BCUT2D eigenvalue weighted by atomic mass is 35.5. The maximum atomic E-state index is 7.71. The third-order valence-electron chi connectivity index (χ3n) is 9.26. The molecule has 248 valence electrons. The van der Waals surface area contributed by atoms with Crippen LogP contribution in [-0.4, -0.2) is 21.3 Å². The van der Waals surface area contributed by atoms with Crippen LogP contribution in [0, 0.1) is 6.92 Å². The fourth-order valence-corrected chi connectivity index (χ4v) is 7.16. The highest BCUT2D eigenvalue weighted by Gasteiger charge is 2.36. The number of benzene rings is 6. The second kappa shape index (κ2) is 14.8. The van der Waals surface area contributed by atoms with Gasteiger partial charge in [-0.25, -0.2) is 0 Å². The first-order valence-electron chi connectivity index (χ1n) is 16.4. The summed E-state index contributed by atoms with van der Waals surface area (Å²) in [6.07, 6.45) is 1.67. The fraction of sp³-hybridized carbons (Fsp3) is 0.182. The zero-order chi connectivity index (χ0) is 34.4. The predicted octanol–water partition coefficient (Wildman–Crippen LogP) is 10.9. The molecule has 0 saturated heterocycles. The molecule has 6 rings (SSSR count). The van der Waals surface area contributed by atoms with Gasteiger partial charge < -0.3 is 14.2 Å². The van der Waals surface area contributed by atoms with Gasteiger partial charge in [0.25, 0.3) is 0 Å². The van der Waals surface area contributed by atoms with Gasteiger partial charge in [0.05, 0.1) is 21.3 Å². The second-order valence-electron chi connectivity index (χ2n) is 12.3. The van der Waals surface area contributed by atoms with E-state index in [2.05, 4.69) is 79.7 Å². The summed E-state index contributed by atoms with van der Waals surface area (Å²) in [7, 11) is 5.01. The number of methoxy groups -OCH3 is 3. The zero-order valence-corrected chi connectivity index (χ0v) is 29.8. The van der Waals surface area contributed by atoms with E-state index in [1.54, 1.807) is 21.3 Å². The molecule has 1 unspecified atom stereocenters. The van der Waals surface area contributed by atoms with E-state index in [9.17, 15) is 0 Å². The van der Waals surface area contributed by atoms with Crippen molar-refractivity contribution in [2.24, 2.45) is 0 Å². The Labute approximate surface area is 300 Å². The number of aryl methyl sites for hydroxylation is 3. The van der Waals surface area contributed by atoms with Gasteiger partial charge in [-0.2, -0.15) is 0 Å². The third kappa shape index (κ3) is 7.06. The van der Waals surface area contributed by atoms with E-state index < -0.39 is 9.75 Å². The van der Waals surface area contributed by atoms with Gasteiger partial charge in [-0.1, -0.05) is 115 Å². The molecular weight excluding hydrogens is 647 g/mol. The van der Waals surface area contributed by atoms with Gasteiger partial charge >= 0.3 is 0 Å². The molecule has 49 heavy (non-hydrogen) atoms. The number of hydrogen-bond acceptors (Lipinski definition) is 3. The van der Waals surface area contributed by atoms with E-state index in [-0.39, 0.29) is 0 Å². The molecular formula is C44H40Cl2O3. The number of hydrogen-bond donors (Lipinski definition) is 0. The van der Waals surface area contributed by atoms with Gasteiger partial charge in [0.15, 0.2) is 0 Å². The van der Waals surface area contributed by atoms with Crippen molar-refractivity contribution in [3.63, 3.8) is 0 Å². The molecule has 0 fully saturated rings. The molecule has 1 atom stereocenters. The second-order valence-corrected chi connectivity index (χ2v) is 13.4. The van der Waals surface area contributed by atoms with Crippen LogP contribution in [0.15, 0.2) is 146 Å². The minimum absolute atomic E-state index is 0.781. The fourth-order valence-electron chi connectivity index (χ4n) is 6.42. The highest BCUT2D eigenvalue weighted by molar-refractivity contribution is 6.28. The Balaban J connectivity index is 1.32. The molecule has 0 aliphatic heterocycles. The molecule has 6 aromatic carbocycles. The summed E-state index contributed by atoms with van der Waals surface area (Å²) in [6, 6.07) is 49.6. The number of rotatable bonds is 12. The Hall–Kier alpha value is -4.70. The minimum Gasteiger partial charge on any atom is -0.497 e. The summed E-state index contributed by atoms with van der Waals surface area (Å²) in [6.45, 7) is 2.09. The normalized spacial score (nSPS) is 12.6. The lowest BCUT2D eigenvalue weighted by Gasteiger charge is -2.30. The molecule has 0 amide bonds. The van der Waals surface area contributed by atoms with E-state index in [0.29, 0.717) is 0 Å². The SMILES string of the molecule is COc1ccc(C(Cl)(c2ccc(C)cc2)c2cccc(CCc3cccc(C(Cl)(c4ccc(OC)cc4)c4ccc(OC)cc4)c3)c2)cc1. The molecule has 0 heterocycles. The quantitative estimate of drug-likeness (QED) is 0.0947. The third-order valence-corrected chi connectivity index (χ3v) is 10.6. The van der Waals surface area contributed by atoms with Gasteiger partial charge in [-0.05, 0) is 101 Å². The molecule has 0 aliphatic carbocycles. The van der Waals surface area contributed by atoms with Crippen molar-refractivity contribution in [2.75, 3.05) is 21.3 Å². The smallest absolute Gasteiger partial charge is 0.119 e. The van der Waals surface area contributed by atoms with E-state index in [1.165, 1.54) is 16.7 Å². The van der Waals surface area contributed by atoms with Gasteiger partial charge in [0.2, 0.25) is 0 Å². The Bertz CT molecular complexity index is 1940. The van der Waals surface area contributed by atoms with Crippen LogP contribution in [0.4, 0.5) is 0 Å². The van der Waals surface area contributed by atoms with Crippen molar-refractivity contribution in [3.05, 3.63) is 196 Å². The average molecular weight is 688 g/mol. The molecule has 6 aromatic rings. The summed E-state index contributed by atoms with van der Waals surface area (Å²) in [5.41, 5.74) is 9.52. The van der Waals surface area contributed by atoms with Crippen LogP contribution in [0.2, 0.25) is 0 Å². The first-order chi connectivity index (χ1) is 23.8. The maximum Gasteiger partial charge on any atom is 0.119 e. The maximum absolute atomic E-state index is 7.71. The Morgan fingerprint density at radius 3 is 1.02 bits per heavy atom. The van der Waals surface area contributed by atoms with Crippen molar-refractivity contribution in [2.45, 2.75) is 29.5 Å². The molecule has 0 spiro atoms. The van der Waals surface area contributed by atoms with Crippen molar-refractivity contribution in [1.29, 1.82) is 0 Å². The standard InChI is InChI=1S/C44H40Cl2O3/c1-31-11-15-34(16-12-31)43(45,35-17-23-40(47-2)24-18-35)38-9-5-7-32(29-38)13-14-33-8-6-10-39(30-33)44(46,36-19-25-41(48-3)26-20-36)37-21-27-42(49-4)28-22-37/h5-12,15-30H,13-14H2,1-4H3. The first kappa shape index (κ1) is 34.2.